The van der Waals surface area contributed by atoms with Crippen LogP contribution >= 0.6 is 0 Å². The molecule has 2 aromatic heterocycles. The van der Waals surface area contributed by atoms with Gasteiger partial charge in [0.25, 0.3) is 0 Å². The first kappa shape index (κ1) is 18.9. The van der Waals surface area contributed by atoms with Crippen LogP contribution in [0.4, 0.5) is 0 Å². The fourth-order valence-electron chi connectivity index (χ4n) is 3.57. The topological polar surface area (TPSA) is 80.1 Å². The standard InChI is InChI=1S/C22H23N5O2/c28-20-14-19(16-26(20)13-9-17-6-2-1-3-7-17)22(29)24-15-18-8-4-10-23-21(18)27-12-5-11-25-27/h1-8,10-12,19H,9,13-16H2,(H,24,29)/t19-/m1/s1. The van der Waals surface area contributed by atoms with E-state index in [4.69, 9.17) is 0 Å². The zero-order valence-corrected chi connectivity index (χ0v) is 16.1. The molecule has 0 unspecified atom stereocenters. The Morgan fingerprint density at radius 1 is 1.10 bits per heavy atom. The van der Waals surface area contributed by atoms with E-state index in [0.29, 0.717) is 25.5 Å². The molecule has 0 radical (unpaired) electrons. The summed E-state index contributed by atoms with van der Waals surface area (Å²) in [4.78, 5) is 31.1. The second kappa shape index (κ2) is 8.68. The summed E-state index contributed by atoms with van der Waals surface area (Å²) in [6.07, 6.45) is 6.26. The van der Waals surface area contributed by atoms with Crippen LogP contribution in [-0.2, 0) is 22.6 Å². The zero-order valence-electron chi connectivity index (χ0n) is 16.1. The summed E-state index contributed by atoms with van der Waals surface area (Å²) in [5.41, 5.74) is 2.06. The number of pyridine rings is 1. The lowest BCUT2D eigenvalue weighted by molar-refractivity contribution is -0.129. The van der Waals surface area contributed by atoms with Crippen molar-refractivity contribution < 1.29 is 9.59 Å². The zero-order chi connectivity index (χ0) is 20.1. The van der Waals surface area contributed by atoms with Crippen LogP contribution < -0.4 is 5.32 Å². The van der Waals surface area contributed by atoms with Crippen molar-refractivity contribution in [2.45, 2.75) is 19.4 Å². The maximum atomic E-state index is 12.6. The van der Waals surface area contributed by atoms with E-state index in [-0.39, 0.29) is 24.2 Å². The van der Waals surface area contributed by atoms with E-state index in [1.165, 1.54) is 5.56 Å². The van der Waals surface area contributed by atoms with Gasteiger partial charge in [-0.2, -0.15) is 5.10 Å². The summed E-state index contributed by atoms with van der Waals surface area (Å²) in [6, 6.07) is 15.6. The minimum absolute atomic E-state index is 0.0414. The summed E-state index contributed by atoms with van der Waals surface area (Å²) >= 11 is 0. The van der Waals surface area contributed by atoms with Crippen molar-refractivity contribution in [3.63, 3.8) is 0 Å². The molecule has 0 bridgehead atoms. The summed E-state index contributed by atoms with van der Waals surface area (Å²) in [5.74, 6) is 0.309. The van der Waals surface area contributed by atoms with Gasteiger partial charge in [-0.1, -0.05) is 36.4 Å². The molecule has 7 nitrogen and oxygen atoms in total. The molecule has 1 aliphatic rings. The quantitative estimate of drug-likeness (QED) is 0.670. The highest BCUT2D eigenvalue weighted by Crippen LogP contribution is 2.19. The molecule has 7 heteroatoms. The highest BCUT2D eigenvalue weighted by Gasteiger charge is 2.33. The summed E-state index contributed by atoms with van der Waals surface area (Å²) in [5, 5.41) is 7.17. The summed E-state index contributed by atoms with van der Waals surface area (Å²) in [7, 11) is 0. The van der Waals surface area contributed by atoms with E-state index in [2.05, 4.69) is 27.5 Å². The molecule has 3 heterocycles. The number of nitrogens with zero attached hydrogens (tertiary/aromatic N) is 4. The number of carbonyl (C=O) groups excluding carboxylic acids is 2. The molecule has 29 heavy (non-hydrogen) atoms. The maximum Gasteiger partial charge on any atom is 0.225 e. The van der Waals surface area contributed by atoms with E-state index in [1.54, 1.807) is 22.0 Å². The van der Waals surface area contributed by atoms with Crippen molar-refractivity contribution in [2.75, 3.05) is 13.1 Å². The van der Waals surface area contributed by atoms with Gasteiger partial charge in [0.2, 0.25) is 11.8 Å². The van der Waals surface area contributed by atoms with E-state index >= 15 is 0 Å². The average molecular weight is 389 g/mol. The number of benzene rings is 1. The molecule has 4 rings (SSSR count). The Labute approximate surface area is 169 Å². The molecule has 1 fully saturated rings. The smallest absolute Gasteiger partial charge is 0.225 e. The highest BCUT2D eigenvalue weighted by atomic mass is 16.2. The lowest BCUT2D eigenvalue weighted by Gasteiger charge is -2.17. The summed E-state index contributed by atoms with van der Waals surface area (Å²) in [6.45, 7) is 1.45. The molecule has 1 aromatic carbocycles. The Kier molecular flexibility index (Phi) is 5.65. The fourth-order valence-corrected chi connectivity index (χ4v) is 3.57. The molecular weight excluding hydrogens is 366 g/mol. The number of nitrogens with one attached hydrogen (secondary N) is 1. The number of carbonyl (C=O) groups is 2. The minimum atomic E-state index is -0.317. The predicted molar refractivity (Wildman–Crippen MR) is 108 cm³/mol. The SMILES string of the molecule is O=C(NCc1cccnc1-n1cccn1)[C@@H]1CC(=O)N(CCc2ccccc2)C1. The van der Waals surface area contributed by atoms with Gasteiger partial charge >= 0.3 is 0 Å². The van der Waals surface area contributed by atoms with Crippen LogP contribution in [0.15, 0.2) is 67.1 Å². The molecule has 1 aliphatic heterocycles. The average Bonchev–Trinajstić information content (AvgIpc) is 3.41. The van der Waals surface area contributed by atoms with Crippen LogP contribution in [0.25, 0.3) is 5.82 Å². The van der Waals surface area contributed by atoms with Gasteiger partial charge in [0.15, 0.2) is 5.82 Å². The van der Waals surface area contributed by atoms with E-state index in [1.807, 2.05) is 42.6 Å². The number of rotatable bonds is 7. The Bertz CT molecular complexity index is 972. The number of aromatic nitrogens is 3. The number of hydrogen-bond acceptors (Lipinski definition) is 4. The third-order valence-corrected chi connectivity index (χ3v) is 5.14. The van der Waals surface area contributed by atoms with Crippen molar-refractivity contribution in [3.8, 4) is 5.82 Å². The number of hydrogen-bond donors (Lipinski definition) is 1. The van der Waals surface area contributed by atoms with Crippen molar-refractivity contribution in [1.29, 1.82) is 0 Å². The lowest BCUT2D eigenvalue weighted by Crippen LogP contribution is -2.33. The molecule has 3 aromatic rings. The Balaban J connectivity index is 1.32. The second-order valence-electron chi connectivity index (χ2n) is 7.13. The van der Waals surface area contributed by atoms with Crippen LogP contribution in [0.5, 0.6) is 0 Å². The molecular formula is C22H23N5O2. The molecule has 1 N–H and O–H groups in total. The molecule has 0 aliphatic carbocycles. The van der Waals surface area contributed by atoms with Gasteiger partial charge in [0.1, 0.15) is 0 Å². The predicted octanol–water partition coefficient (Wildman–Crippen LogP) is 1.97. The molecule has 0 saturated carbocycles. The Morgan fingerprint density at radius 2 is 1.97 bits per heavy atom. The first-order valence-electron chi connectivity index (χ1n) is 9.74. The van der Waals surface area contributed by atoms with Gasteiger partial charge in [-0.25, -0.2) is 9.67 Å². The number of amides is 2. The van der Waals surface area contributed by atoms with E-state index < -0.39 is 0 Å². The first-order valence-corrected chi connectivity index (χ1v) is 9.74. The monoisotopic (exact) mass is 389 g/mol. The normalized spacial score (nSPS) is 16.2. The number of likely N-dealkylation sites (tertiary alicyclic amines) is 1. The van der Waals surface area contributed by atoms with Crippen molar-refractivity contribution >= 4 is 11.8 Å². The molecule has 148 valence electrons. The molecule has 0 spiro atoms. The van der Waals surface area contributed by atoms with Gasteiger partial charge in [-0.3, -0.25) is 9.59 Å². The van der Waals surface area contributed by atoms with Gasteiger partial charge in [0.05, 0.1) is 5.92 Å². The van der Waals surface area contributed by atoms with Crippen molar-refractivity contribution in [2.24, 2.45) is 5.92 Å². The van der Waals surface area contributed by atoms with Crippen LogP contribution in [0.3, 0.4) is 0 Å². The molecule has 1 saturated heterocycles. The van der Waals surface area contributed by atoms with Crippen molar-refractivity contribution in [1.82, 2.24) is 25.0 Å². The lowest BCUT2D eigenvalue weighted by atomic mass is 10.1. The van der Waals surface area contributed by atoms with Gasteiger partial charge in [-0.05, 0) is 24.1 Å². The molecule has 2 amide bonds. The largest absolute Gasteiger partial charge is 0.352 e. The van der Waals surface area contributed by atoms with Crippen LogP contribution in [0, 0.1) is 5.92 Å². The van der Waals surface area contributed by atoms with E-state index in [9.17, 15) is 9.59 Å². The van der Waals surface area contributed by atoms with E-state index in [0.717, 1.165) is 12.0 Å². The highest BCUT2D eigenvalue weighted by molar-refractivity contribution is 5.89. The van der Waals surface area contributed by atoms with Gasteiger partial charge < -0.3 is 10.2 Å². The van der Waals surface area contributed by atoms with Crippen molar-refractivity contribution in [3.05, 3.63) is 78.2 Å². The summed E-state index contributed by atoms with van der Waals surface area (Å²) < 4.78 is 1.67. The second-order valence-corrected chi connectivity index (χ2v) is 7.13. The third-order valence-electron chi connectivity index (χ3n) is 5.14. The Hall–Kier alpha value is -3.48. The maximum absolute atomic E-state index is 12.6. The van der Waals surface area contributed by atoms with Gasteiger partial charge in [0, 0.05) is 50.2 Å². The van der Waals surface area contributed by atoms with Crippen LogP contribution in [-0.4, -0.2) is 44.6 Å². The van der Waals surface area contributed by atoms with Gasteiger partial charge in [-0.15, -0.1) is 0 Å². The Morgan fingerprint density at radius 3 is 2.76 bits per heavy atom. The van der Waals surface area contributed by atoms with Crippen LogP contribution in [0.1, 0.15) is 17.5 Å². The molecule has 1 atom stereocenters. The first-order chi connectivity index (χ1) is 14.2. The van der Waals surface area contributed by atoms with Crippen LogP contribution in [0.2, 0.25) is 0 Å². The third kappa shape index (κ3) is 4.51. The fraction of sp³-hybridized carbons (Fsp3) is 0.273. The minimum Gasteiger partial charge on any atom is -0.352 e.